The summed E-state index contributed by atoms with van der Waals surface area (Å²) in [5.74, 6) is 0.136. The molecule has 0 amide bonds. The van der Waals surface area contributed by atoms with Gasteiger partial charge in [0.25, 0.3) is 0 Å². The van der Waals surface area contributed by atoms with Crippen molar-refractivity contribution < 1.29 is 9.21 Å². The van der Waals surface area contributed by atoms with Crippen LogP contribution in [0, 0.1) is 0 Å². The molecule has 2 aromatic rings. The third-order valence-corrected chi connectivity index (χ3v) is 3.24. The summed E-state index contributed by atoms with van der Waals surface area (Å²) in [5, 5.41) is 1.34. The average molecular weight is 266 g/mol. The molecule has 1 aromatic heterocycles. The molecule has 0 bridgehead atoms. The molecule has 0 aliphatic carbocycles. The predicted octanol–water partition coefficient (Wildman–Crippen LogP) is 3.79. The van der Waals surface area contributed by atoms with Gasteiger partial charge in [0.2, 0.25) is 5.78 Å². The van der Waals surface area contributed by atoms with Crippen molar-refractivity contribution in [1.29, 1.82) is 0 Å². The molecule has 0 saturated heterocycles. The van der Waals surface area contributed by atoms with E-state index >= 15 is 0 Å². The van der Waals surface area contributed by atoms with Gasteiger partial charge in [-0.25, -0.2) is 0 Å². The van der Waals surface area contributed by atoms with E-state index in [1.165, 1.54) is 0 Å². The molecule has 96 valence electrons. The molecule has 0 fully saturated rings. The number of unbranched alkanes of at least 4 members (excludes halogenated alkanes) is 1. The molecule has 3 nitrogen and oxygen atoms in total. The number of halogens is 1. The highest BCUT2D eigenvalue weighted by atomic mass is 35.5. The van der Waals surface area contributed by atoms with Crippen LogP contribution in [0.15, 0.2) is 28.7 Å². The quantitative estimate of drug-likeness (QED) is 0.837. The standard InChI is InChI=1S/C14H16ClNO2/c1-2-3-7-11(16)13(17)12-8-9-5-4-6-10(15)14(9)18-12/h4-6,8,11H,2-3,7,16H2,1H3. The number of hydrogen-bond donors (Lipinski definition) is 1. The van der Waals surface area contributed by atoms with Crippen LogP contribution in [0.25, 0.3) is 11.0 Å². The highest BCUT2D eigenvalue weighted by Crippen LogP contribution is 2.27. The van der Waals surface area contributed by atoms with Crippen LogP contribution in [0.2, 0.25) is 5.02 Å². The Morgan fingerprint density at radius 3 is 2.94 bits per heavy atom. The highest BCUT2D eigenvalue weighted by Gasteiger charge is 2.19. The molecule has 0 radical (unpaired) electrons. The Morgan fingerprint density at radius 2 is 2.28 bits per heavy atom. The number of hydrogen-bond acceptors (Lipinski definition) is 3. The molecule has 2 N–H and O–H groups in total. The van der Waals surface area contributed by atoms with Gasteiger partial charge in [0.15, 0.2) is 11.3 Å². The lowest BCUT2D eigenvalue weighted by atomic mass is 10.0. The van der Waals surface area contributed by atoms with Gasteiger partial charge in [-0.05, 0) is 18.6 Å². The fourth-order valence-corrected chi connectivity index (χ4v) is 2.11. The van der Waals surface area contributed by atoms with E-state index in [9.17, 15) is 4.79 Å². The normalized spacial score (nSPS) is 12.8. The summed E-state index contributed by atoms with van der Waals surface area (Å²) in [4.78, 5) is 12.1. The summed E-state index contributed by atoms with van der Waals surface area (Å²) in [6, 6.07) is 6.63. The third-order valence-electron chi connectivity index (χ3n) is 2.94. The fourth-order valence-electron chi connectivity index (χ4n) is 1.89. The second kappa shape index (κ2) is 5.55. The maximum absolute atomic E-state index is 12.1. The Balaban J connectivity index is 2.25. The molecule has 1 unspecified atom stereocenters. The van der Waals surface area contributed by atoms with Crippen LogP contribution >= 0.6 is 11.6 Å². The topological polar surface area (TPSA) is 56.2 Å². The van der Waals surface area contributed by atoms with E-state index in [4.69, 9.17) is 21.8 Å². The molecule has 2 rings (SSSR count). The second-order valence-electron chi connectivity index (χ2n) is 4.38. The molecule has 0 aliphatic heterocycles. The number of benzene rings is 1. The molecule has 1 aromatic carbocycles. The van der Waals surface area contributed by atoms with Crippen LogP contribution in [-0.2, 0) is 0 Å². The van der Waals surface area contributed by atoms with Crippen molar-refractivity contribution in [1.82, 2.24) is 0 Å². The van der Waals surface area contributed by atoms with Crippen molar-refractivity contribution in [2.45, 2.75) is 32.2 Å². The van der Waals surface area contributed by atoms with E-state index in [1.54, 1.807) is 12.1 Å². The molecule has 0 aliphatic rings. The number of nitrogens with two attached hydrogens (primary N) is 1. The van der Waals surface area contributed by atoms with Crippen molar-refractivity contribution in [3.63, 3.8) is 0 Å². The lowest BCUT2D eigenvalue weighted by Gasteiger charge is -2.06. The van der Waals surface area contributed by atoms with Crippen LogP contribution in [0.3, 0.4) is 0 Å². The van der Waals surface area contributed by atoms with Crippen LogP contribution in [0.5, 0.6) is 0 Å². The van der Waals surface area contributed by atoms with Crippen LogP contribution in [-0.4, -0.2) is 11.8 Å². The van der Waals surface area contributed by atoms with Crippen molar-refractivity contribution >= 4 is 28.4 Å². The van der Waals surface area contributed by atoms with Gasteiger partial charge in [-0.2, -0.15) is 0 Å². The van der Waals surface area contributed by atoms with E-state index in [1.807, 2.05) is 12.1 Å². The lowest BCUT2D eigenvalue weighted by molar-refractivity contribution is 0.0931. The summed E-state index contributed by atoms with van der Waals surface area (Å²) < 4.78 is 5.50. The lowest BCUT2D eigenvalue weighted by Crippen LogP contribution is -2.30. The van der Waals surface area contributed by atoms with Crippen LogP contribution < -0.4 is 5.73 Å². The maximum Gasteiger partial charge on any atom is 0.214 e. The maximum atomic E-state index is 12.1. The predicted molar refractivity (Wildman–Crippen MR) is 73.1 cm³/mol. The molecule has 18 heavy (non-hydrogen) atoms. The molecular weight excluding hydrogens is 250 g/mol. The number of Topliss-reactive ketones (excluding diaryl/α,β-unsaturated/α-hetero) is 1. The number of fused-ring (bicyclic) bond motifs is 1. The van der Waals surface area contributed by atoms with Gasteiger partial charge in [0, 0.05) is 5.39 Å². The Morgan fingerprint density at radius 1 is 1.50 bits per heavy atom. The number of carbonyl (C=O) groups is 1. The summed E-state index contributed by atoms with van der Waals surface area (Å²) >= 11 is 6.00. The van der Waals surface area contributed by atoms with Gasteiger partial charge < -0.3 is 10.2 Å². The van der Waals surface area contributed by atoms with Gasteiger partial charge in [0.05, 0.1) is 11.1 Å². The summed E-state index contributed by atoms with van der Waals surface area (Å²) in [5.41, 5.74) is 6.40. The van der Waals surface area contributed by atoms with E-state index in [0.717, 1.165) is 18.2 Å². The first-order valence-corrected chi connectivity index (χ1v) is 6.49. The van der Waals surface area contributed by atoms with Gasteiger partial charge in [-0.15, -0.1) is 0 Å². The van der Waals surface area contributed by atoms with Gasteiger partial charge in [-0.3, -0.25) is 4.79 Å². The largest absolute Gasteiger partial charge is 0.451 e. The number of carbonyl (C=O) groups excluding carboxylic acids is 1. The minimum atomic E-state index is -0.496. The molecule has 4 heteroatoms. The molecule has 1 atom stereocenters. The number of furan rings is 1. The first-order chi connectivity index (χ1) is 8.63. The second-order valence-corrected chi connectivity index (χ2v) is 4.79. The van der Waals surface area contributed by atoms with Crippen LogP contribution in [0.1, 0.15) is 36.7 Å². The number of para-hydroxylation sites is 1. The van der Waals surface area contributed by atoms with Crippen LogP contribution in [0.4, 0.5) is 0 Å². The molecule has 1 heterocycles. The molecular formula is C14H16ClNO2. The first-order valence-electron chi connectivity index (χ1n) is 6.11. The van der Waals surface area contributed by atoms with Gasteiger partial charge in [-0.1, -0.05) is 43.5 Å². The monoisotopic (exact) mass is 265 g/mol. The average Bonchev–Trinajstić information content (AvgIpc) is 2.80. The minimum Gasteiger partial charge on any atom is -0.451 e. The van der Waals surface area contributed by atoms with Gasteiger partial charge >= 0.3 is 0 Å². The fraction of sp³-hybridized carbons (Fsp3) is 0.357. The summed E-state index contributed by atoms with van der Waals surface area (Å²) in [7, 11) is 0. The highest BCUT2D eigenvalue weighted by molar-refractivity contribution is 6.34. The number of rotatable bonds is 5. The summed E-state index contributed by atoms with van der Waals surface area (Å²) in [6.07, 6.45) is 2.64. The number of ketones is 1. The zero-order chi connectivity index (χ0) is 13.1. The zero-order valence-corrected chi connectivity index (χ0v) is 11.0. The first kappa shape index (κ1) is 13.1. The summed E-state index contributed by atoms with van der Waals surface area (Å²) in [6.45, 7) is 2.07. The SMILES string of the molecule is CCCCC(N)C(=O)c1cc2cccc(Cl)c2o1. The Bertz CT molecular complexity index is 562. The Kier molecular flexibility index (Phi) is 4.04. The third kappa shape index (κ3) is 2.57. The Hall–Kier alpha value is -1.32. The van der Waals surface area contributed by atoms with E-state index < -0.39 is 6.04 Å². The van der Waals surface area contributed by atoms with Crippen molar-refractivity contribution in [3.05, 3.63) is 35.0 Å². The Labute approximate surface area is 111 Å². The minimum absolute atomic E-state index is 0.157. The van der Waals surface area contributed by atoms with Crippen molar-refractivity contribution in [2.24, 2.45) is 5.73 Å². The van der Waals surface area contributed by atoms with E-state index in [0.29, 0.717) is 22.8 Å². The van der Waals surface area contributed by atoms with Crippen molar-refractivity contribution in [2.75, 3.05) is 0 Å². The van der Waals surface area contributed by atoms with E-state index in [2.05, 4.69) is 6.92 Å². The zero-order valence-electron chi connectivity index (χ0n) is 10.3. The van der Waals surface area contributed by atoms with Crippen molar-refractivity contribution in [3.8, 4) is 0 Å². The van der Waals surface area contributed by atoms with E-state index in [-0.39, 0.29) is 5.78 Å². The molecule has 0 spiro atoms. The van der Waals surface area contributed by atoms with Gasteiger partial charge in [0.1, 0.15) is 0 Å². The smallest absolute Gasteiger partial charge is 0.214 e. The molecule has 0 saturated carbocycles.